The van der Waals surface area contributed by atoms with E-state index in [9.17, 15) is 14.7 Å². The molecule has 1 aromatic carbocycles. The Balaban J connectivity index is 2.17. The molecule has 1 aliphatic heterocycles. The molecule has 1 aromatic rings. The van der Waals surface area contributed by atoms with Crippen LogP contribution in [0.4, 0.5) is 10.5 Å². The van der Waals surface area contributed by atoms with Crippen molar-refractivity contribution in [3.8, 4) is 0 Å². The molecule has 3 N–H and O–H groups in total. The van der Waals surface area contributed by atoms with Crippen LogP contribution in [-0.4, -0.2) is 46.3 Å². The van der Waals surface area contributed by atoms with E-state index in [2.05, 4.69) is 5.32 Å². The maximum atomic E-state index is 12.2. The summed E-state index contributed by atoms with van der Waals surface area (Å²) >= 11 is 2.02. The molecule has 0 bridgehead atoms. The fraction of sp³-hybridized carbons (Fsp3) is 0.385. The van der Waals surface area contributed by atoms with Crippen molar-refractivity contribution in [1.82, 2.24) is 4.90 Å². The lowest BCUT2D eigenvalue weighted by Gasteiger charge is -2.23. The van der Waals surface area contributed by atoms with Crippen molar-refractivity contribution in [1.29, 1.82) is 0 Å². The van der Waals surface area contributed by atoms with Crippen molar-refractivity contribution in [2.75, 3.05) is 18.5 Å². The third-order valence-electron chi connectivity index (χ3n) is 3.30. The molecule has 1 unspecified atom stereocenters. The Bertz CT molecular complexity index is 535. The highest BCUT2D eigenvalue weighted by Gasteiger charge is 2.28. The normalized spacial score (nSPS) is 18.1. The minimum Gasteiger partial charge on any atom is -0.478 e. The molecule has 1 saturated heterocycles. The third kappa shape index (κ3) is 3.21. The zero-order chi connectivity index (χ0) is 14.7. The number of aliphatic hydroxyl groups excluding tert-OH is 1. The average Bonchev–Trinajstić information content (AvgIpc) is 2.89. The van der Waals surface area contributed by atoms with Gasteiger partial charge in [-0.3, -0.25) is 0 Å². The minimum atomic E-state index is -1.08. The molecule has 0 saturated carbocycles. The SMILES string of the molecule is O=C(O)c1cc(I)ccc1NC(=O)N1CCCC1CO. The van der Waals surface area contributed by atoms with Crippen LogP contribution in [0.2, 0.25) is 0 Å². The van der Waals surface area contributed by atoms with Crippen molar-refractivity contribution < 1.29 is 19.8 Å². The lowest BCUT2D eigenvalue weighted by Crippen LogP contribution is -2.40. The van der Waals surface area contributed by atoms with E-state index in [1.54, 1.807) is 17.0 Å². The fourth-order valence-electron chi connectivity index (χ4n) is 2.28. The summed E-state index contributed by atoms with van der Waals surface area (Å²) in [5.41, 5.74) is 0.330. The van der Waals surface area contributed by atoms with E-state index < -0.39 is 5.97 Å². The Labute approximate surface area is 129 Å². The largest absolute Gasteiger partial charge is 0.478 e. The minimum absolute atomic E-state index is 0.0602. The number of hydrogen-bond donors (Lipinski definition) is 3. The van der Waals surface area contributed by atoms with Crippen LogP contribution in [0.15, 0.2) is 18.2 Å². The van der Waals surface area contributed by atoms with Gasteiger partial charge in [0.1, 0.15) is 0 Å². The molecular formula is C13H15IN2O4. The van der Waals surface area contributed by atoms with Crippen molar-refractivity contribution in [3.05, 3.63) is 27.3 Å². The molecule has 2 rings (SSSR count). The number of benzene rings is 1. The van der Waals surface area contributed by atoms with Crippen LogP contribution in [0.3, 0.4) is 0 Å². The Morgan fingerprint density at radius 2 is 2.20 bits per heavy atom. The molecule has 1 heterocycles. The van der Waals surface area contributed by atoms with Crippen molar-refractivity contribution in [2.24, 2.45) is 0 Å². The van der Waals surface area contributed by atoms with Gasteiger partial charge in [-0.2, -0.15) is 0 Å². The molecule has 7 heteroatoms. The van der Waals surface area contributed by atoms with Gasteiger partial charge in [-0.15, -0.1) is 0 Å². The zero-order valence-electron chi connectivity index (χ0n) is 10.7. The molecule has 0 aliphatic carbocycles. The van der Waals surface area contributed by atoms with Crippen LogP contribution in [0.1, 0.15) is 23.2 Å². The molecule has 1 atom stereocenters. The first kappa shape index (κ1) is 15.0. The molecule has 6 nitrogen and oxygen atoms in total. The summed E-state index contributed by atoms with van der Waals surface area (Å²) in [6.45, 7) is 0.496. The number of aromatic carboxylic acids is 1. The quantitative estimate of drug-likeness (QED) is 0.689. The van der Waals surface area contributed by atoms with E-state index in [-0.39, 0.29) is 29.9 Å². The van der Waals surface area contributed by atoms with Crippen LogP contribution >= 0.6 is 22.6 Å². The smallest absolute Gasteiger partial charge is 0.337 e. The van der Waals surface area contributed by atoms with E-state index in [0.29, 0.717) is 6.54 Å². The van der Waals surface area contributed by atoms with Crippen molar-refractivity contribution in [3.63, 3.8) is 0 Å². The molecule has 1 aliphatic rings. The van der Waals surface area contributed by atoms with Crippen LogP contribution in [-0.2, 0) is 0 Å². The van der Waals surface area contributed by atoms with Gasteiger partial charge in [-0.25, -0.2) is 9.59 Å². The summed E-state index contributed by atoms with van der Waals surface area (Å²) < 4.78 is 0.785. The highest BCUT2D eigenvalue weighted by molar-refractivity contribution is 14.1. The second-order valence-electron chi connectivity index (χ2n) is 4.60. The molecule has 0 spiro atoms. The average molecular weight is 390 g/mol. The summed E-state index contributed by atoms with van der Waals surface area (Å²) in [5, 5.41) is 21.0. The molecule has 2 amide bonds. The molecule has 1 fully saturated rings. The van der Waals surface area contributed by atoms with E-state index in [1.165, 1.54) is 6.07 Å². The number of carbonyl (C=O) groups is 2. The monoisotopic (exact) mass is 390 g/mol. The van der Waals surface area contributed by atoms with Gasteiger partial charge in [0.25, 0.3) is 0 Å². The predicted molar refractivity (Wildman–Crippen MR) is 82.0 cm³/mol. The number of nitrogens with zero attached hydrogens (tertiary/aromatic N) is 1. The number of hydrogen-bond acceptors (Lipinski definition) is 3. The molecule has 0 radical (unpaired) electrons. The summed E-state index contributed by atoms with van der Waals surface area (Å²) in [7, 11) is 0. The highest BCUT2D eigenvalue weighted by Crippen LogP contribution is 2.22. The van der Waals surface area contributed by atoms with Crippen LogP contribution in [0, 0.1) is 3.57 Å². The van der Waals surface area contributed by atoms with Crippen LogP contribution in [0.25, 0.3) is 0 Å². The standard InChI is InChI=1S/C13H15IN2O4/c14-8-3-4-11(10(6-8)12(18)19)15-13(20)16-5-1-2-9(16)7-17/h3-4,6,9,17H,1-2,5,7H2,(H,15,20)(H,18,19). The number of urea groups is 1. The second kappa shape index (κ2) is 6.40. The van der Waals surface area contributed by atoms with Gasteiger partial charge in [-0.1, -0.05) is 0 Å². The molecule has 20 heavy (non-hydrogen) atoms. The first-order valence-corrected chi connectivity index (χ1v) is 7.32. The number of halogens is 1. The summed E-state index contributed by atoms with van der Waals surface area (Å²) in [6, 6.07) is 4.26. The van der Waals surface area contributed by atoms with Gasteiger partial charge in [0.15, 0.2) is 0 Å². The number of carboxylic acids is 1. The number of likely N-dealkylation sites (tertiary alicyclic amines) is 1. The topological polar surface area (TPSA) is 89.9 Å². The molecular weight excluding hydrogens is 375 g/mol. The maximum Gasteiger partial charge on any atom is 0.337 e. The highest BCUT2D eigenvalue weighted by atomic mass is 127. The number of amides is 2. The number of carboxylic acid groups (broad SMARTS) is 1. The van der Waals surface area contributed by atoms with Crippen LogP contribution in [0.5, 0.6) is 0 Å². The van der Waals surface area contributed by atoms with Gasteiger partial charge in [0, 0.05) is 10.1 Å². The van der Waals surface area contributed by atoms with Crippen molar-refractivity contribution >= 4 is 40.3 Å². The number of anilines is 1. The number of rotatable bonds is 3. The summed E-state index contributed by atoms with van der Waals surface area (Å²) in [5.74, 6) is -1.08. The Hall–Kier alpha value is -1.35. The van der Waals surface area contributed by atoms with E-state index in [1.807, 2.05) is 22.6 Å². The van der Waals surface area contributed by atoms with Crippen molar-refractivity contribution in [2.45, 2.75) is 18.9 Å². The first-order valence-electron chi connectivity index (χ1n) is 6.24. The van der Waals surface area contributed by atoms with E-state index >= 15 is 0 Å². The van der Waals surface area contributed by atoms with Gasteiger partial charge in [0.2, 0.25) is 0 Å². The summed E-state index contributed by atoms with van der Waals surface area (Å²) in [4.78, 5) is 24.9. The molecule has 108 valence electrons. The van der Waals surface area contributed by atoms with E-state index in [0.717, 1.165) is 16.4 Å². The third-order valence-corrected chi connectivity index (χ3v) is 3.97. The molecule has 0 aromatic heterocycles. The zero-order valence-corrected chi connectivity index (χ0v) is 12.8. The Kier molecular flexibility index (Phi) is 4.81. The lowest BCUT2D eigenvalue weighted by molar-refractivity contribution is 0.0698. The van der Waals surface area contributed by atoms with Gasteiger partial charge >= 0.3 is 12.0 Å². The van der Waals surface area contributed by atoms with Gasteiger partial charge in [-0.05, 0) is 53.6 Å². The Morgan fingerprint density at radius 3 is 2.85 bits per heavy atom. The number of carbonyl (C=O) groups excluding carboxylic acids is 1. The lowest BCUT2D eigenvalue weighted by atomic mass is 10.2. The number of nitrogens with one attached hydrogen (secondary N) is 1. The van der Waals surface area contributed by atoms with Gasteiger partial charge < -0.3 is 20.4 Å². The fourth-order valence-corrected chi connectivity index (χ4v) is 2.77. The first-order chi connectivity index (χ1) is 9.52. The van der Waals surface area contributed by atoms with Crippen LogP contribution < -0.4 is 5.32 Å². The maximum absolute atomic E-state index is 12.2. The Morgan fingerprint density at radius 1 is 1.45 bits per heavy atom. The predicted octanol–water partition coefficient (Wildman–Crippen LogP) is 1.98. The summed E-state index contributed by atoms with van der Waals surface area (Å²) in [6.07, 6.45) is 1.61. The number of aliphatic hydroxyl groups is 1. The van der Waals surface area contributed by atoms with E-state index in [4.69, 9.17) is 5.11 Å². The second-order valence-corrected chi connectivity index (χ2v) is 5.84. The van der Waals surface area contributed by atoms with Gasteiger partial charge in [0.05, 0.1) is 23.9 Å².